The molecule has 0 spiro atoms. The molecule has 1 aromatic rings. The molecule has 0 unspecified atom stereocenters. The SMILES string of the molecule is Cc1nc([C@H]2CCCN(C(=O)C3CC3)C2)nc(C)c1CC(=O)NC1CCCCC1. The molecular weight excluding hydrogens is 364 g/mol. The van der Waals surface area contributed by atoms with Gasteiger partial charge in [-0.1, -0.05) is 19.3 Å². The van der Waals surface area contributed by atoms with Crippen LogP contribution in [0, 0.1) is 19.8 Å². The second-order valence-corrected chi connectivity index (χ2v) is 9.21. The van der Waals surface area contributed by atoms with Gasteiger partial charge in [0.1, 0.15) is 5.82 Å². The van der Waals surface area contributed by atoms with E-state index in [9.17, 15) is 9.59 Å². The molecule has 0 radical (unpaired) electrons. The van der Waals surface area contributed by atoms with Crippen LogP contribution in [0.1, 0.15) is 86.5 Å². The lowest BCUT2D eigenvalue weighted by molar-refractivity contribution is -0.133. The lowest BCUT2D eigenvalue weighted by Crippen LogP contribution is -2.40. The number of carbonyl (C=O) groups is 2. The maximum Gasteiger partial charge on any atom is 0.225 e. The molecule has 3 aliphatic rings. The van der Waals surface area contributed by atoms with Gasteiger partial charge in [0.2, 0.25) is 11.8 Å². The van der Waals surface area contributed by atoms with E-state index in [0.29, 0.717) is 18.4 Å². The van der Waals surface area contributed by atoms with Gasteiger partial charge in [0.15, 0.2) is 0 Å². The Labute approximate surface area is 173 Å². The molecule has 1 saturated heterocycles. The van der Waals surface area contributed by atoms with E-state index in [1.54, 1.807) is 0 Å². The maximum absolute atomic E-state index is 12.5. The molecule has 1 aromatic heterocycles. The fraction of sp³-hybridized carbons (Fsp3) is 0.739. The summed E-state index contributed by atoms with van der Waals surface area (Å²) in [5, 5.41) is 3.20. The van der Waals surface area contributed by atoms with Gasteiger partial charge in [-0.2, -0.15) is 0 Å². The number of likely N-dealkylation sites (tertiary alicyclic amines) is 1. The van der Waals surface area contributed by atoms with Gasteiger partial charge in [0.25, 0.3) is 0 Å². The number of aryl methyl sites for hydroxylation is 2. The molecule has 158 valence electrons. The minimum Gasteiger partial charge on any atom is -0.353 e. The molecule has 1 atom stereocenters. The van der Waals surface area contributed by atoms with Crippen LogP contribution in [0.25, 0.3) is 0 Å². The number of nitrogens with zero attached hydrogens (tertiary/aromatic N) is 3. The highest BCUT2D eigenvalue weighted by Crippen LogP contribution is 2.34. The Morgan fingerprint density at radius 2 is 1.66 bits per heavy atom. The van der Waals surface area contributed by atoms with E-state index in [0.717, 1.165) is 74.4 Å². The molecular formula is C23H34N4O2. The third kappa shape index (κ3) is 4.96. The first kappa shape index (κ1) is 20.3. The zero-order valence-corrected chi connectivity index (χ0v) is 17.9. The molecule has 29 heavy (non-hydrogen) atoms. The number of aromatic nitrogens is 2. The highest BCUT2D eigenvalue weighted by atomic mass is 16.2. The van der Waals surface area contributed by atoms with Crippen molar-refractivity contribution in [3.05, 3.63) is 22.8 Å². The van der Waals surface area contributed by atoms with Crippen LogP contribution in [0.15, 0.2) is 0 Å². The van der Waals surface area contributed by atoms with Crippen molar-refractivity contribution in [3.8, 4) is 0 Å². The number of hydrogen-bond donors (Lipinski definition) is 1. The van der Waals surface area contributed by atoms with Crippen LogP contribution >= 0.6 is 0 Å². The minimum atomic E-state index is 0.0818. The predicted molar refractivity (Wildman–Crippen MR) is 112 cm³/mol. The molecule has 3 fully saturated rings. The van der Waals surface area contributed by atoms with E-state index in [4.69, 9.17) is 9.97 Å². The summed E-state index contributed by atoms with van der Waals surface area (Å²) < 4.78 is 0. The first-order valence-electron chi connectivity index (χ1n) is 11.4. The van der Waals surface area contributed by atoms with Crippen molar-refractivity contribution in [2.75, 3.05) is 13.1 Å². The fourth-order valence-electron chi connectivity index (χ4n) is 4.87. The van der Waals surface area contributed by atoms with Gasteiger partial charge in [-0.15, -0.1) is 0 Å². The van der Waals surface area contributed by atoms with Crippen molar-refractivity contribution >= 4 is 11.8 Å². The van der Waals surface area contributed by atoms with Crippen LogP contribution in [-0.4, -0.2) is 45.8 Å². The Bertz CT molecular complexity index is 745. The Balaban J connectivity index is 1.41. The molecule has 0 aromatic carbocycles. The molecule has 1 aliphatic heterocycles. The average molecular weight is 399 g/mol. The predicted octanol–water partition coefficient (Wildman–Crippen LogP) is 3.20. The summed E-state index contributed by atoms with van der Waals surface area (Å²) in [6.07, 6.45) is 10.4. The van der Waals surface area contributed by atoms with Crippen molar-refractivity contribution in [1.29, 1.82) is 0 Å². The Morgan fingerprint density at radius 1 is 0.966 bits per heavy atom. The first-order valence-corrected chi connectivity index (χ1v) is 11.4. The van der Waals surface area contributed by atoms with Crippen molar-refractivity contribution in [1.82, 2.24) is 20.2 Å². The Hall–Kier alpha value is -1.98. The van der Waals surface area contributed by atoms with E-state index < -0.39 is 0 Å². The summed E-state index contributed by atoms with van der Waals surface area (Å²) in [5.74, 6) is 1.71. The Kier molecular flexibility index (Phi) is 6.16. The van der Waals surface area contributed by atoms with Gasteiger partial charge < -0.3 is 10.2 Å². The van der Waals surface area contributed by atoms with E-state index in [1.807, 2.05) is 18.7 Å². The average Bonchev–Trinajstić information content (AvgIpc) is 3.56. The van der Waals surface area contributed by atoms with Crippen LogP contribution in [0.2, 0.25) is 0 Å². The second-order valence-electron chi connectivity index (χ2n) is 9.21. The third-order valence-corrected chi connectivity index (χ3v) is 6.77. The van der Waals surface area contributed by atoms with Crippen LogP contribution in [-0.2, 0) is 16.0 Å². The summed E-state index contributed by atoms with van der Waals surface area (Å²) in [6, 6.07) is 0.328. The highest BCUT2D eigenvalue weighted by molar-refractivity contribution is 5.81. The van der Waals surface area contributed by atoms with Crippen molar-refractivity contribution in [2.45, 2.75) is 90.0 Å². The Morgan fingerprint density at radius 3 is 2.31 bits per heavy atom. The largest absolute Gasteiger partial charge is 0.353 e. The molecule has 2 aliphatic carbocycles. The van der Waals surface area contributed by atoms with Crippen LogP contribution in [0.5, 0.6) is 0 Å². The molecule has 6 heteroatoms. The lowest BCUT2D eigenvalue weighted by atomic mass is 9.95. The number of carbonyl (C=O) groups excluding carboxylic acids is 2. The van der Waals surface area contributed by atoms with Gasteiger partial charge in [-0.25, -0.2) is 9.97 Å². The standard InChI is InChI=1S/C23H34N4O2/c1-15-20(13-21(28)26-19-8-4-3-5-9-19)16(2)25-22(24-15)18-7-6-12-27(14-18)23(29)17-10-11-17/h17-19H,3-14H2,1-2H3,(H,26,28)/t18-/m0/s1. The van der Waals surface area contributed by atoms with Crippen molar-refractivity contribution < 1.29 is 9.59 Å². The van der Waals surface area contributed by atoms with Gasteiger partial charge in [-0.05, 0) is 52.4 Å². The lowest BCUT2D eigenvalue weighted by Gasteiger charge is -2.32. The molecule has 4 rings (SSSR count). The molecule has 6 nitrogen and oxygen atoms in total. The van der Waals surface area contributed by atoms with Crippen LogP contribution in [0.4, 0.5) is 0 Å². The second kappa shape index (κ2) is 8.80. The topological polar surface area (TPSA) is 75.2 Å². The van der Waals surface area contributed by atoms with E-state index in [-0.39, 0.29) is 17.7 Å². The summed E-state index contributed by atoms with van der Waals surface area (Å²) in [7, 11) is 0. The van der Waals surface area contributed by atoms with Crippen LogP contribution in [0.3, 0.4) is 0 Å². The number of amides is 2. The monoisotopic (exact) mass is 398 g/mol. The third-order valence-electron chi connectivity index (χ3n) is 6.77. The maximum atomic E-state index is 12.5. The summed E-state index contributed by atoms with van der Waals surface area (Å²) in [6.45, 7) is 5.56. The molecule has 0 bridgehead atoms. The summed E-state index contributed by atoms with van der Waals surface area (Å²) in [5.41, 5.74) is 2.75. The molecule has 2 saturated carbocycles. The van der Waals surface area contributed by atoms with E-state index in [1.165, 1.54) is 19.3 Å². The van der Waals surface area contributed by atoms with Crippen LogP contribution < -0.4 is 5.32 Å². The number of piperidine rings is 1. The molecule has 2 amide bonds. The summed E-state index contributed by atoms with van der Waals surface area (Å²) in [4.78, 5) is 36.6. The zero-order valence-electron chi connectivity index (χ0n) is 17.9. The molecule has 2 heterocycles. The number of nitrogens with one attached hydrogen (secondary N) is 1. The minimum absolute atomic E-state index is 0.0818. The zero-order chi connectivity index (χ0) is 20.4. The molecule has 1 N–H and O–H groups in total. The van der Waals surface area contributed by atoms with E-state index in [2.05, 4.69) is 5.32 Å². The fourth-order valence-corrected chi connectivity index (χ4v) is 4.87. The van der Waals surface area contributed by atoms with Gasteiger partial charge in [0, 0.05) is 47.9 Å². The smallest absolute Gasteiger partial charge is 0.225 e. The van der Waals surface area contributed by atoms with Gasteiger partial charge >= 0.3 is 0 Å². The van der Waals surface area contributed by atoms with Gasteiger partial charge in [-0.3, -0.25) is 9.59 Å². The highest BCUT2D eigenvalue weighted by Gasteiger charge is 2.36. The normalized spacial score (nSPS) is 23.1. The number of hydrogen-bond acceptors (Lipinski definition) is 4. The van der Waals surface area contributed by atoms with Crippen molar-refractivity contribution in [3.63, 3.8) is 0 Å². The van der Waals surface area contributed by atoms with Crippen molar-refractivity contribution in [2.24, 2.45) is 5.92 Å². The van der Waals surface area contributed by atoms with E-state index >= 15 is 0 Å². The summed E-state index contributed by atoms with van der Waals surface area (Å²) >= 11 is 0. The quantitative estimate of drug-likeness (QED) is 0.826. The van der Waals surface area contributed by atoms with Gasteiger partial charge in [0.05, 0.1) is 6.42 Å². The number of rotatable bonds is 5. The first-order chi connectivity index (χ1) is 14.0.